The van der Waals surface area contributed by atoms with Crippen LogP contribution < -0.4 is 0 Å². The van der Waals surface area contributed by atoms with E-state index in [0.29, 0.717) is 0 Å². The third kappa shape index (κ3) is 1.75. The average Bonchev–Trinajstić information content (AvgIpc) is 3.42. The van der Waals surface area contributed by atoms with Gasteiger partial charge in [-0.25, -0.2) is 0 Å². The van der Waals surface area contributed by atoms with E-state index in [1.807, 2.05) is 12.1 Å². The van der Waals surface area contributed by atoms with Crippen LogP contribution in [0.2, 0.25) is 0 Å². The van der Waals surface area contributed by atoms with Gasteiger partial charge in [0.05, 0.1) is 0 Å². The first kappa shape index (κ1) is 12.5. The van der Waals surface area contributed by atoms with Gasteiger partial charge >= 0.3 is 0 Å². The average molecular weight is 282 g/mol. The molecule has 2 aliphatic rings. The van der Waals surface area contributed by atoms with Crippen LogP contribution in [-0.4, -0.2) is 4.55 Å². The monoisotopic (exact) mass is 282 g/mol. The molecule has 2 saturated carbocycles. The van der Waals surface area contributed by atoms with E-state index in [9.17, 15) is 4.55 Å². The van der Waals surface area contributed by atoms with Gasteiger partial charge in [-0.2, -0.15) is 0 Å². The number of rotatable bonds is 4. The lowest BCUT2D eigenvalue weighted by atomic mass is 10.1. The van der Waals surface area contributed by atoms with Crippen LogP contribution >= 0.6 is 0 Å². The lowest BCUT2D eigenvalue weighted by molar-refractivity contribution is 0.562. The minimum absolute atomic E-state index is 0.0758. The van der Waals surface area contributed by atoms with Crippen LogP contribution in [0.1, 0.15) is 36.8 Å². The Labute approximate surface area is 123 Å². The lowest BCUT2D eigenvalue weighted by Crippen LogP contribution is -2.32. The predicted molar refractivity (Wildman–Crippen MR) is 82.9 cm³/mol. The Balaban J connectivity index is 1.70. The third-order valence-electron chi connectivity index (χ3n) is 4.72. The molecule has 102 valence electrons. The first-order valence-corrected chi connectivity index (χ1v) is 8.46. The van der Waals surface area contributed by atoms with Crippen LogP contribution in [0.4, 0.5) is 0 Å². The Morgan fingerprint density at radius 2 is 1.00 bits per heavy atom. The van der Waals surface area contributed by atoms with Crippen molar-refractivity contribution in [2.75, 3.05) is 0 Å². The van der Waals surface area contributed by atoms with Crippen molar-refractivity contribution in [2.45, 2.75) is 35.2 Å². The fraction of sp³-hybridized carbons (Fsp3) is 0.333. The quantitative estimate of drug-likeness (QED) is 0.774. The zero-order chi connectivity index (χ0) is 13.6. The molecule has 0 saturated heterocycles. The van der Waals surface area contributed by atoms with Gasteiger partial charge in [0.1, 0.15) is 0 Å². The van der Waals surface area contributed by atoms with Crippen molar-refractivity contribution in [1.82, 2.24) is 0 Å². The molecule has 0 aromatic heterocycles. The van der Waals surface area contributed by atoms with Crippen molar-refractivity contribution in [3.05, 3.63) is 71.8 Å². The first-order chi connectivity index (χ1) is 9.78. The second-order valence-corrected chi connectivity index (χ2v) is 8.09. The second-order valence-electron chi connectivity index (χ2n) is 5.99. The van der Waals surface area contributed by atoms with Crippen LogP contribution in [0, 0.1) is 0 Å². The van der Waals surface area contributed by atoms with E-state index in [1.165, 1.54) is 11.1 Å². The molecule has 0 unspecified atom stereocenters. The van der Waals surface area contributed by atoms with Crippen LogP contribution in [0.3, 0.4) is 0 Å². The summed E-state index contributed by atoms with van der Waals surface area (Å²) in [6.07, 6.45) is 4.27. The standard InChI is InChI=1S/C18H18OS/c19-20(17(11-12-17)15-7-3-1-4-8-15)18(13-14-18)16-9-5-2-6-10-16/h1-10H,11-14H2. The molecule has 0 atom stereocenters. The van der Waals surface area contributed by atoms with Gasteiger partial charge in [0.2, 0.25) is 0 Å². The fourth-order valence-electron chi connectivity index (χ4n) is 3.25. The molecular weight excluding hydrogens is 264 g/mol. The van der Waals surface area contributed by atoms with Crippen LogP contribution in [0.5, 0.6) is 0 Å². The van der Waals surface area contributed by atoms with Gasteiger partial charge in [0, 0.05) is 36.8 Å². The van der Waals surface area contributed by atoms with Gasteiger partial charge in [-0.05, 0) is 11.2 Å². The SMILES string of the molecule is [O-][S+](C1(c2ccccc2)CC1)C1(c2ccccc2)CC1. The van der Waals surface area contributed by atoms with Gasteiger partial charge in [-0.3, -0.25) is 0 Å². The van der Waals surface area contributed by atoms with Crippen molar-refractivity contribution < 1.29 is 4.55 Å². The Bertz CT molecular complexity index is 544. The smallest absolute Gasteiger partial charge is 0.151 e. The van der Waals surface area contributed by atoms with Crippen LogP contribution in [0.15, 0.2) is 60.7 Å². The molecule has 0 spiro atoms. The zero-order valence-electron chi connectivity index (χ0n) is 11.4. The number of hydrogen-bond acceptors (Lipinski definition) is 1. The molecular formula is C18H18OS. The molecule has 2 aliphatic carbocycles. The van der Waals surface area contributed by atoms with E-state index in [-0.39, 0.29) is 9.49 Å². The summed E-state index contributed by atoms with van der Waals surface area (Å²) in [5.74, 6) is 0. The van der Waals surface area contributed by atoms with Crippen molar-refractivity contribution in [3.63, 3.8) is 0 Å². The largest absolute Gasteiger partial charge is 0.615 e. The van der Waals surface area contributed by atoms with E-state index in [4.69, 9.17) is 0 Å². The summed E-state index contributed by atoms with van der Waals surface area (Å²) in [7, 11) is 0. The highest BCUT2D eigenvalue weighted by Crippen LogP contribution is 2.65. The second kappa shape index (κ2) is 4.37. The van der Waals surface area contributed by atoms with Crippen molar-refractivity contribution >= 4 is 11.2 Å². The molecule has 0 aliphatic heterocycles. The maximum absolute atomic E-state index is 13.3. The Morgan fingerprint density at radius 1 is 0.650 bits per heavy atom. The Kier molecular flexibility index (Phi) is 2.73. The minimum Gasteiger partial charge on any atom is -0.615 e. The fourth-order valence-corrected chi connectivity index (χ4v) is 5.64. The van der Waals surface area contributed by atoms with E-state index in [2.05, 4.69) is 48.5 Å². The third-order valence-corrected chi connectivity index (χ3v) is 7.43. The molecule has 1 nitrogen and oxygen atoms in total. The van der Waals surface area contributed by atoms with E-state index < -0.39 is 11.2 Å². The Hall–Kier alpha value is -1.25. The summed E-state index contributed by atoms with van der Waals surface area (Å²) >= 11 is -0.820. The summed E-state index contributed by atoms with van der Waals surface area (Å²) in [5, 5.41) is 0. The molecule has 2 fully saturated rings. The molecule has 0 radical (unpaired) electrons. The van der Waals surface area contributed by atoms with Crippen molar-refractivity contribution in [2.24, 2.45) is 0 Å². The number of benzene rings is 2. The lowest BCUT2D eigenvalue weighted by Gasteiger charge is -2.29. The summed E-state index contributed by atoms with van der Waals surface area (Å²) < 4.78 is 13.2. The normalized spacial score (nSPS) is 21.7. The molecule has 0 bridgehead atoms. The number of hydrogen-bond donors (Lipinski definition) is 0. The molecule has 2 aromatic carbocycles. The zero-order valence-corrected chi connectivity index (χ0v) is 12.2. The van der Waals surface area contributed by atoms with E-state index in [1.54, 1.807) is 0 Å². The first-order valence-electron chi connectivity index (χ1n) is 7.31. The highest BCUT2D eigenvalue weighted by Gasteiger charge is 2.67. The van der Waals surface area contributed by atoms with Crippen molar-refractivity contribution in [3.8, 4) is 0 Å². The van der Waals surface area contributed by atoms with Crippen LogP contribution in [-0.2, 0) is 20.7 Å². The molecule has 0 amide bonds. The maximum Gasteiger partial charge on any atom is 0.151 e. The molecule has 2 heteroatoms. The molecule has 20 heavy (non-hydrogen) atoms. The molecule has 2 aromatic rings. The summed E-state index contributed by atoms with van der Waals surface area (Å²) in [5.41, 5.74) is 2.53. The van der Waals surface area contributed by atoms with Gasteiger partial charge in [0.25, 0.3) is 0 Å². The van der Waals surface area contributed by atoms with Gasteiger partial charge in [-0.1, -0.05) is 60.7 Å². The molecule has 0 N–H and O–H groups in total. The van der Waals surface area contributed by atoms with Crippen LogP contribution in [0.25, 0.3) is 0 Å². The maximum atomic E-state index is 13.3. The summed E-state index contributed by atoms with van der Waals surface area (Å²) in [6, 6.07) is 20.9. The van der Waals surface area contributed by atoms with Crippen molar-refractivity contribution in [1.29, 1.82) is 0 Å². The Morgan fingerprint density at radius 3 is 1.30 bits per heavy atom. The minimum atomic E-state index is -0.820. The molecule has 4 rings (SSSR count). The summed E-state index contributed by atoms with van der Waals surface area (Å²) in [6.45, 7) is 0. The van der Waals surface area contributed by atoms with E-state index in [0.717, 1.165) is 25.7 Å². The predicted octanol–water partition coefficient (Wildman–Crippen LogP) is 4.11. The highest BCUT2D eigenvalue weighted by molar-refractivity contribution is 7.93. The summed E-state index contributed by atoms with van der Waals surface area (Å²) in [4.78, 5) is 0. The van der Waals surface area contributed by atoms with Gasteiger partial charge < -0.3 is 4.55 Å². The van der Waals surface area contributed by atoms with E-state index >= 15 is 0 Å². The van der Waals surface area contributed by atoms with Gasteiger partial charge in [-0.15, -0.1) is 0 Å². The highest BCUT2D eigenvalue weighted by atomic mass is 32.2. The van der Waals surface area contributed by atoms with Gasteiger partial charge in [0.15, 0.2) is 9.49 Å². The topological polar surface area (TPSA) is 23.1 Å². The molecule has 0 heterocycles.